The molecule has 1 heterocycles. The van der Waals surface area contributed by atoms with Crippen LogP contribution >= 0.6 is 11.3 Å². The Morgan fingerprint density at radius 3 is 3.06 bits per heavy atom. The molecule has 0 saturated heterocycles. The monoisotopic (exact) mass is 268 g/mol. The van der Waals surface area contributed by atoms with Crippen molar-refractivity contribution in [1.29, 1.82) is 0 Å². The summed E-state index contributed by atoms with van der Waals surface area (Å²) in [5, 5.41) is 8.41. The summed E-state index contributed by atoms with van der Waals surface area (Å²) in [6, 6.07) is 1.47. The minimum absolute atomic E-state index is 0.302. The van der Waals surface area contributed by atoms with Crippen LogP contribution in [0.3, 0.4) is 0 Å². The molecule has 0 radical (unpaired) electrons. The van der Waals surface area contributed by atoms with Crippen LogP contribution in [0.2, 0.25) is 0 Å². The predicted molar refractivity (Wildman–Crippen MR) is 70.4 cm³/mol. The van der Waals surface area contributed by atoms with E-state index < -0.39 is 6.04 Å². The maximum atomic E-state index is 11.9. The first-order valence-electron chi connectivity index (χ1n) is 5.65. The van der Waals surface area contributed by atoms with Gasteiger partial charge in [0, 0.05) is 22.9 Å². The molecule has 6 nitrogen and oxygen atoms in total. The molecular weight excluding hydrogens is 252 g/mol. The number of nitrogens with zero attached hydrogens (tertiary/aromatic N) is 3. The lowest BCUT2D eigenvalue weighted by molar-refractivity contribution is -0.145. The smallest absolute Gasteiger partial charge is 0.328 e. The minimum atomic E-state index is -0.487. The summed E-state index contributed by atoms with van der Waals surface area (Å²) in [4.78, 5) is 15.5. The molecule has 0 aromatic carbocycles. The highest BCUT2D eigenvalue weighted by molar-refractivity contribution is 7.10. The number of rotatable bonds is 7. The molecule has 0 fully saturated rings. The topological polar surface area (TPSA) is 87.1 Å². The highest BCUT2D eigenvalue weighted by atomic mass is 32.1. The molecule has 0 amide bonds. The molecule has 1 aromatic heterocycles. The molecular formula is C11H16N4O2S. The fourth-order valence-corrected chi connectivity index (χ4v) is 2.48. The van der Waals surface area contributed by atoms with E-state index in [0.717, 1.165) is 10.4 Å². The van der Waals surface area contributed by atoms with Gasteiger partial charge in [0.15, 0.2) is 0 Å². The number of carbonyl (C=O) groups is 1. The quantitative estimate of drug-likeness (QED) is 0.271. The van der Waals surface area contributed by atoms with Gasteiger partial charge in [0.25, 0.3) is 0 Å². The summed E-state index contributed by atoms with van der Waals surface area (Å²) in [6.45, 7) is 4.81. The second-order valence-corrected chi connectivity index (χ2v) is 4.51. The van der Waals surface area contributed by atoms with Crippen LogP contribution in [-0.4, -0.2) is 25.7 Å². The van der Waals surface area contributed by atoms with Gasteiger partial charge < -0.3 is 4.74 Å². The van der Waals surface area contributed by atoms with E-state index in [1.165, 1.54) is 11.3 Å². The van der Waals surface area contributed by atoms with Gasteiger partial charge in [-0.1, -0.05) is 5.11 Å². The molecule has 1 atom stereocenters. The lowest BCUT2D eigenvalue weighted by Gasteiger charge is -2.16. The van der Waals surface area contributed by atoms with Gasteiger partial charge in [-0.2, -0.15) is 0 Å². The fraction of sp³-hybridized carbons (Fsp3) is 0.545. The first-order chi connectivity index (χ1) is 8.70. The van der Waals surface area contributed by atoms with Crippen LogP contribution in [0.15, 0.2) is 16.6 Å². The normalized spacial score (nSPS) is 11.7. The van der Waals surface area contributed by atoms with E-state index in [1.54, 1.807) is 6.92 Å². The van der Waals surface area contributed by atoms with Crippen molar-refractivity contribution in [2.75, 3.05) is 19.7 Å². The van der Waals surface area contributed by atoms with Crippen LogP contribution in [-0.2, 0) is 9.53 Å². The number of esters is 1. The molecule has 18 heavy (non-hydrogen) atoms. The number of hydrogen-bond acceptors (Lipinski definition) is 5. The third kappa shape index (κ3) is 4.03. The van der Waals surface area contributed by atoms with Crippen LogP contribution in [0.4, 0.5) is 0 Å². The Balaban J connectivity index is 2.72. The first-order valence-corrected chi connectivity index (χ1v) is 6.53. The Bertz CT molecular complexity index is 440. The summed E-state index contributed by atoms with van der Waals surface area (Å²) in [7, 11) is 0. The van der Waals surface area contributed by atoms with E-state index in [4.69, 9.17) is 10.3 Å². The van der Waals surface area contributed by atoms with Gasteiger partial charge in [-0.3, -0.25) is 5.32 Å². The van der Waals surface area contributed by atoms with E-state index in [0.29, 0.717) is 19.7 Å². The van der Waals surface area contributed by atoms with Gasteiger partial charge in [-0.15, -0.1) is 11.3 Å². The molecule has 98 valence electrons. The summed E-state index contributed by atoms with van der Waals surface area (Å²) in [5.41, 5.74) is 9.24. The highest BCUT2D eigenvalue weighted by Gasteiger charge is 2.23. The lowest BCUT2D eigenvalue weighted by atomic mass is 10.1. The number of carbonyl (C=O) groups excluding carboxylic acids is 1. The third-order valence-electron chi connectivity index (χ3n) is 2.31. The van der Waals surface area contributed by atoms with Crippen LogP contribution in [0.5, 0.6) is 0 Å². The highest BCUT2D eigenvalue weighted by Crippen LogP contribution is 2.24. The largest absolute Gasteiger partial charge is 0.465 e. The van der Waals surface area contributed by atoms with E-state index in [2.05, 4.69) is 15.3 Å². The van der Waals surface area contributed by atoms with Crippen molar-refractivity contribution in [2.24, 2.45) is 5.11 Å². The first kappa shape index (κ1) is 14.5. The van der Waals surface area contributed by atoms with Gasteiger partial charge in [-0.25, -0.2) is 4.79 Å². The lowest BCUT2D eigenvalue weighted by Crippen LogP contribution is -2.31. The summed E-state index contributed by atoms with van der Waals surface area (Å²) in [6.07, 6.45) is 0. The zero-order valence-electron chi connectivity index (χ0n) is 10.4. The number of ether oxygens (including phenoxy) is 1. The van der Waals surface area contributed by atoms with Gasteiger partial charge in [-0.05, 0) is 36.4 Å². The SMILES string of the molecule is CCOC(=O)C(NCCN=[N+]=[N-])c1sccc1C. The van der Waals surface area contributed by atoms with Gasteiger partial charge in [0.05, 0.1) is 6.61 Å². The van der Waals surface area contributed by atoms with E-state index in [-0.39, 0.29) is 5.97 Å². The fourth-order valence-electron chi connectivity index (χ4n) is 1.49. The zero-order valence-corrected chi connectivity index (χ0v) is 11.2. The molecule has 0 aliphatic heterocycles. The Morgan fingerprint density at radius 2 is 2.50 bits per heavy atom. The second-order valence-electron chi connectivity index (χ2n) is 3.56. The molecule has 0 bridgehead atoms. The Hall–Kier alpha value is -1.56. The van der Waals surface area contributed by atoms with Gasteiger partial charge in [0.1, 0.15) is 6.04 Å². The molecule has 0 saturated carbocycles. The van der Waals surface area contributed by atoms with Gasteiger partial charge >= 0.3 is 5.97 Å². The molecule has 1 aromatic rings. The van der Waals surface area contributed by atoms with Crippen LogP contribution in [0.25, 0.3) is 10.4 Å². The van der Waals surface area contributed by atoms with Crippen LogP contribution < -0.4 is 5.32 Å². The van der Waals surface area contributed by atoms with Crippen molar-refractivity contribution in [3.05, 3.63) is 32.3 Å². The van der Waals surface area contributed by atoms with Crippen molar-refractivity contribution >= 4 is 17.3 Å². The van der Waals surface area contributed by atoms with Crippen molar-refractivity contribution in [3.8, 4) is 0 Å². The maximum Gasteiger partial charge on any atom is 0.328 e. The molecule has 0 aliphatic carbocycles. The summed E-state index contributed by atoms with van der Waals surface area (Å²) in [5.74, 6) is -0.302. The molecule has 0 aliphatic rings. The average molecular weight is 268 g/mol. The average Bonchev–Trinajstić information content (AvgIpc) is 2.76. The van der Waals surface area contributed by atoms with Gasteiger partial charge in [0.2, 0.25) is 0 Å². The maximum absolute atomic E-state index is 11.9. The summed E-state index contributed by atoms with van der Waals surface area (Å²) >= 11 is 1.51. The predicted octanol–water partition coefficient (Wildman–Crippen LogP) is 2.56. The standard InChI is InChI=1S/C11H16N4O2S/c1-3-17-11(16)9(13-5-6-14-15-12)10-8(2)4-7-18-10/h4,7,9,13H,3,5-6H2,1-2H3. The summed E-state index contributed by atoms with van der Waals surface area (Å²) < 4.78 is 5.04. The van der Waals surface area contributed by atoms with E-state index in [9.17, 15) is 4.79 Å². The zero-order chi connectivity index (χ0) is 13.4. The molecule has 1 rings (SSSR count). The number of azide groups is 1. The number of hydrogen-bond donors (Lipinski definition) is 1. The second kappa shape index (κ2) is 7.71. The van der Waals surface area contributed by atoms with Crippen LogP contribution in [0.1, 0.15) is 23.4 Å². The number of aryl methyl sites for hydroxylation is 1. The molecule has 0 spiro atoms. The van der Waals surface area contributed by atoms with Crippen LogP contribution in [0, 0.1) is 6.92 Å². The molecule has 7 heteroatoms. The van der Waals surface area contributed by atoms with E-state index in [1.807, 2.05) is 18.4 Å². The Labute approximate surface area is 110 Å². The van der Waals surface area contributed by atoms with E-state index >= 15 is 0 Å². The Morgan fingerprint density at radius 1 is 1.72 bits per heavy atom. The molecule has 1 unspecified atom stereocenters. The number of nitrogens with one attached hydrogen (secondary N) is 1. The van der Waals surface area contributed by atoms with Crippen molar-refractivity contribution in [1.82, 2.24) is 5.32 Å². The van der Waals surface area contributed by atoms with Crippen molar-refractivity contribution in [3.63, 3.8) is 0 Å². The van der Waals surface area contributed by atoms with Crippen molar-refractivity contribution < 1.29 is 9.53 Å². The van der Waals surface area contributed by atoms with Crippen molar-refractivity contribution in [2.45, 2.75) is 19.9 Å². The Kier molecular flexibility index (Phi) is 6.21. The minimum Gasteiger partial charge on any atom is -0.465 e. The third-order valence-corrected chi connectivity index (χ3v) is 3.39. The number of thiophene rings is 1. The molecule has 1 N–H and O–H groups in total.